The zero-order chi connectivity index (χ0) is 13.2. The lowest BCUT2D eigenvalue weighted by atomic mass is 9.90. The summed E-state index contributed by atoms with van der Waals surface area (Å²) in [5.74, 6) is 0.464. The van der Waals surface area contributed by atoms with Crippen molar-refractivity contribution in [2.24, 2.45) is 5.92 Å². The largest absolute Gasteiger partial charge is 0.508 e. The van der Waals surface area contributed by atoms with Gasteiger partial charge in [0.1, 0.15) is 11.3 Å². The van der Waals surface area contributed by atoms with Crippen LogP contribution in [0.1, 0.15) is 18.9 Å². The topological polar surface area (TPSA) is 58.6 Å². The van der Waals surface area contributed by atoms with Crippen LogP contribution in [0.5, 0.6) is 5.75 Å². The van der Waals surface area contributed by atoms with E-state index < -0.39 is 5.54 Å². The molecule has 1 heterocycles. The minimum Gasteiger partial charge on any atom is -0.508 e. The first-order chi connectivity index (χ1) is 8.53. The summed E-state index contributed by atoms with van der Waals surface area (Å²) in [5.41, 5.74) is 0.520. The Kier molecular flexibility index (Phi) is 3.57. The van der Waals surface area contributed by atoms with E-state index in [9.17, 15) is 9.90 Å². The van der Waals surface area contributed by atoms with E-state index >= 15 is 0 Å². The van der Waals surface area contributed by atoms with Gasteiger partial charge in [-0.05, 0) is 49.9 Å². The molecule has 98 valence electrons. The number of aromatic hydroxyl groups is 1. The van der Waals surface area contributed by atoms with Gasteiger partial charge in [0.15, 0.2) is 0 Å². The Morgan fingerprint density at radius 2 is 2.39 bits per heavy atom. The quantitative estimate of drug-likeness (QED) is 0.797. The van der Waals surface area contributed by atoms with E-state index in [1.165, 1.54) is 7.11 Å². The van der Waals surface area contributed by atoms with Crippen molar-refractivity contribution < 1.29 is 14.6 Å². The van der Waals surface area contributed by atoms with E-state index in [1.807, 2.05) is 19.1 Å². The van der Waals surface area contributed by atoms with Crippen LogP contribution in [-0.4, -0.2) is 30.3 Å². The van der Waals surface area contributed by atoms with E-state index in [0.717, 1.165) is 24.9 Å². The van der Waals surface area contributed by atoms with Crippen LogP contribution in [0.15, 0.2) is 24.3 Å². The molecule has 2 atom stereocenters. The maximum absolute atomic E-state index is 11.7. The van der Waals surface area contributed by atoms with Gasteiger partial charge in [0.2, 0.25) is 0 Å². The van der Waals surface area contributed by atoms with Crippen molar-refractivity contribution in [3.8, 4) is 5.75 Å². The predicted molar refractivity (Wildman–Crippen MR) is 68.3 cm³/mol. The lowest BCUT2D eigenvalue weighted by Crippen LogP contribution is -2.45. The highest BCUT2D eigenvalue weighted by Gasteiger charge is 2.41. The minimum atomic E-state index is -0.573. The van der Waals surface area contributed by atoms with Gasteiger partial charge in [0, 0.05) is 0 Å². The molecule has 2 rings (SSSR count). The van der Waals surface area contributed by atoms with Crippen LogP contribution in [-0.2, 0) is 16.0 Å². The van der Waals surface area contributed by atoms with E-state index in [2.05, 4.69) is 5.32 Å². The number of benzene rings is 1. The molecule has 18 heavy (non-hydrogen) atoms. The molecule has 0 saturated carbocycles. The summed E-state index contributed by atoms with van der Waals surface area (Å²) in [6.07, 6.45) is 1.61. The van der Waals surface area contributed by atoms with Crippen molar-refractivity contribution in [2.75, 3.05) is 13.7 Å². The summed E-state index contributed by atoms with van der Waals surface area (Å²) in [6, 6.07) is 7.27. The molecule has 1 aliphatic heterocycles. The van der Waals surface area contributed by atoms with Gasteiger partial charge in [-0.2, -0.15) is 0 Å². The third-order valence-electron chi connectivity index (χ3n) is 3.55. The number of esters is 1. The molecule has 1 aromatic carbocycles. The molecular formula is C14H19NO3. The number of methoxy groups -OCH3 is 1. The molecule has 2 unspecified atom stereocenters. The van der Waals surface area contributed by atoms with Gasteiger partial charge in [-0.25, -0.2) is 0 Å². The fraction of sp³-hybridized carbons (Fsp3) is 0.500. The number of hydrogen-bond donors (Lipinski definition) is 2. The number of ether oxygens (including phenoxy) is 1. The van der Waals surface area contributed by atoms with Crippen molar-refractivity contribution in [1.82, 2.24) is 5.32 Å². The molecule has 0 radical (unpaired) electrons. The molecule has 0 spiro atoms. The van der Waals surface area contributed by atoms with E-state index in [0.29, 0.717) is 5.92 Å². The van der Waals surface area contributed by atoms with Crippen LogP contribution >= 0.6 is 0 Å². The third-order valence-corrected chi connectivity index (χ3v) is 3.55. The summed E-state index contributed by atoms with van der Waals surface area (Å²) in [5, 5.41) is 12.7. The normalized spacial score (nSPS) is 27.1. The first kappa shape index (κ1) is 12.9. The Labute approximate surface area is 107 Å². The predicted octanol–water partition coefficient (Wildman–Crippen LogP) is 1.48. The fourth-order valence-electron chi connectivity index (χ4n) is 2.63. The zero-order valence-electron chi connectivity index (χ0n) is 10.8. The molecule has 4 nitrogen and oxygen atoms in total. The molecule has 1 saturated heterocycles. The molecule has 4 heteroatoms. The van der Waals surface area contributed by atoms with Gasteiger partial charge in [0.25, 0.3) is 0 Å². The number of phenolic OH excluding ortho intramolecular Hbond substituents is 1. The van der Waals surface area contributed by atoms with E-state index in [4.69, 9.17) is 4.74 Å². The molecule has 1 fully saturated rings. The lowest BCUT2D eigenvalue weighted by Gasteiger charge is -2.20. The molecule has 0 aromatic heterocycles. The maximum atomic E-state index is 11.7. The van der Waals surface area contributed by atoms with Gasteiger partial charge >= 0.3 is 5.97 Å². The Hall–Kier alpha value is -1.55. The molecule has 0 amide bonds. The van der Waals surface area contributed by atoms with Crippen molar-refractivity contribution >= 4 is 5.97 Å². The second-order valence-electron chi connectivity index (χ2n) is 5.15. The average Bonchev–Trinajstić information content (AvgIpc) is 2.71. The van der Waals surface area contributed by atoms with Crippen molar-refractivity contribution in [2.45, 2.75) is 25.3 Å². The first-order valence-corrected chi connectivity index (χ1v) is 6.15. The van der Waals surface area contributed by atoms with Gasteiger partial charge in [0.05, 0.1) is 7.11 Å². The van der Waals surface area contributed by atoms with E-state index in [-0.39, 0.29) is 11.7 Å². The van der Waals surface area contributed by atoms with Crippen LogP contribution < -0.4 is 5.32 Å². The standard InChI is InChI=1S/C14H19NO3/c1-14(13(17)18-2)8-11(9-15-14)6-10-4-3-5-12(16)7-10/h3-5,7,11,15-16H,6,8-9H2,1-2H3. The van der Waals surface area contributed by atoms with E-state index in [1.54, 1.807) is 12.1 Å². The van der Waals surface area contributed by atoms with Crippen LogP contribution in [0.3, 0.4) is 0 Å². The van der Waals surface area contributed by atoms with Gasteiger partial charge < -0.3 is 15.2 Å². The minimum absolute atomic E-state index is 0.207. The smallest absolute Gasteiger partial charge is 0.325 e. The number of hydrogen-bond acceptors (Lipinski definition) is 4. The van der Waals surface area contributed by atoms with Crippen LogP contribution in [0.4, 0.5) is 0 Å². The zero-order valence-corrected chi connectivity index (χ0v) is 10.8. The highest BCUT2D eigenvalue weighted by Crippen LogP contribution is 2.28. The molecular weight excluding hydrogens is 230 g/mol. The highest BCUT2D eigenvalue weighted by molar-refractivity contribution is 5.80. The molecule has 1 aromatic rings. The maximum Gasteiger partial charge on any atom is 0.325 e. The number of carbonyl (C=O) groups is 1. The highest BCUT2D eigenvalue weighted by atomic mass is 16.5. The number of carbonyl (C=O) groups excluding carboxylic acids is 1. The fourth-order valence-corrected chi connectivity index (χ4v) is 2.63. The summed E-state index contributed by atoms with van der Waals surface area (Å²) >= 11 is 0. The van der Waals surface area contributed by atoms with Crippen LogP contribution in [0, 0.1) is 5.92 Å². The van der Waals surface area contributed by atoms with Gasteiger partial charge in [-0.1, -0.05) is 12.1 Å². The lowest BCUT2D eigenvalue weighted by molar-refractivity contribution is -0.147. The Morgan fingerprint density at radius 1 is 1.61 bits per heavy atom. The summed E-state index contributed by atoms with van der Waals surface area (Å²) in [7, 11) is 1.41. The van der Waals surface area contributed by atoms with Crippen molar-refractivity contribution in [3.05, 3.63) is 29.8 Å². The Balaban J connectivity index is 2.00. The van der Waals surface area contributed by atoms with Crippen molar-refractivity contribution in [3.63, 3.8) is 0 Å². The molecule has 0 aliphatic carbocycles. The monoisotopic (exact) mass is 249 g/mol. The van der Waals surface area contributed by atoms with Crippen molar-refractivity contribution in [1.29, 1.82) is 0 Å². The van der Waals surface area contributed by atoms with Crippen LogP contribution in [0.25, 0.3) is 0 Å². The SMILES string of the molecule is COC(=O)C1(C)CC(Cc2cccc(O)c2)CN1. The molecule has 2 N–H and O–H groups in total. The summed E-state index contributed by atoms with van der Waals surface area (Å²) in [4.78, 5) is 11.7. The number of nitrogens with one attached hydrogen (secondary N) is 1. The Morgan fingerprint density at radius 3 is 3.06 bits per heavy atom. The molecule has 1 aliphatic rings. The van der Waals surface area contributed by atoms with Gasteiger partial charge in [-0.3, -0.25) is 4.79 Å². The average molecular weight is 249 g/mol. The van der Waals surface area contributed by atoms with Gasteiger partial charge in [-0.15, -0.1) is 0 Å². The summed E-state index contributed by atoms with van der Waals surface area (Å²) < 4.78 is 4.81. The second-order valence-corrected chi connectivity index (χ2v) is 5.15. The number of phenols is 1. The van der Waals surface area contributed by atoms with Crippen LogP contribution in [0.2, 0.25) is 0 Å². The summed E-state index contributed by atoms with van der Waals surface area (Å²) in [6.45, 7) is 2.67. The number of rotatable bonds is 3. The first-order valence-electron chi connectivity index (χ1n) is 6.15. The third kappa shape index (κ3) is 2.64. The second kappa shape index (κ2) is 4.98. The Bertz CT molecular complexity index is 446. The molecule has 0 bridgehead atoms.